The fourth-order valence-corrected chi connectivity index (χ4v) is 3.31. The third-order valence-corrected chi connectivity index (χ3v) is 4.69. The van der Waals surface area contributed by atoms with Crippen molar-refractivity contribution in [3.05, 3.63) is 59.7 Å². The molecule has 0 amide bonds. The van der Waals surface area contributed by atoms with Gasteiger partial charge in [-0.15, -0.1) is 0 Å². The minimum Gasteiger partial charge on any atom is -0.508 e. The monoisotopic (exact) mass is 370 g/mol. The molecule has 140 valence electrons. The molecule has 1 saturated carbocycles. The van der Waals surface area contributed by atoms with Crippen molar-refractivity contribution in [2.45, 2.75) is 24.9 Å². The molecule has 27 heavy (non-hydrogen) atoms. The number of rotatable bonds is 6. The fraction of sp³-hybridized carbons (Fsp3) is 0.250. The van der Waals surface area contributed by atoms with Crippen LogP contribution in [0.4, 0.5) is 0 Å². The van der Waals surface area contributed by atoms with Crippen molar-refractivity contribution < 1.29 is 34.4 Å². The van der Waals surface area contributed by atoms with Gasteiger partial charge in [-0.05, 0) is 42.3 Å². The predicted octanol–water partition coefficient (Wildman–Crippen LogP) is 2.31. The Balaban J connectivity index is 1.99. The summed E-state index contributed by atoms with van der Waals surface area (Å²) >= 11 is 0. The van der Waals surface area contributed by atoms with Crippen molar-refractivity contribution in [3.8, 4) is 11.5 Å². The van der Waals surface area contributed by atoms with E-state index in [9.17, 15) is 29.7 Å². The van der Waals surface area contributed by atoms with E-state index >= 15 is 0 Å². The number of carboxylic acid groups (broad SMARTS) is 1. The van der Waals surface area contributed by atoms with Gasteiger partial charge in [-0.25, -0.2) is 0 Å². The van der Waals surface area contributed by atoms with E-state index in [2.05, 4.69) is 0 Å². The highest BCUT2D eigenvalue weighted by Gasteiger charge is 2.61. The molecular formula is C20H18O7. The standard InChI is InChI=1S/C20H18O7/c1-11(21)17(18(24)25)19(26)27-20(13-5-3-7-15(23)9-13)10-16(20)12-4-2-6-14(22)8-12/h2-9,16-17,22-23H,10H2,1H3,(H,24,25). The lowest BCUT2D eigenvalue weighted by Gasteiger charge is -2.21. The second-order valence-electron chi connectivity index (χ2n) is 6.59. The first kappa shape index (κ1) is 18.4. The van der Waals surface area contributed by atoms with Crippen LogP contribution < -0.4 is 0 Å². The first-order valence-corrected chi connectivity index (χ1v) is 8.29. The number of carbonyl (C=O) groups is 3. The maximum atomic E-state index is 12.4. The number of hydrogen-bond acceptors (Lipinski definition) is 6. The molecule has 0 aromatic heterocycles. The number of phenols is 2. The van der Waals surface area contributed by atoms with Crippen molar-refractivity contribution in [2.24, 2.45) is 5.92 Å². The zero-order valence-electron chi connectivity index (χ0n) is 14.5. The largest absolute Gasteiger partial charge is 0.508 e. The average Bonchev–Trinajstić information content (AvgIpc) is 3.29. The number of aromatic hydroxyl groups is 2. The van der Waals surface area contributed by atoms with Gasteiger partial charge in [-0.1, -0.05) is 24.3 Å². The quantitative estimate of drug-likeness (QED) is 0.527. The van der Waals surface area contributed by atoms with Crippen LogP contribution in [0, 0.1) is 5.92 Å². The van der Waals surface area contributed by atoms with Gasteiger partial charge in [0, 0.05) is 12.3 Å². The summed E-state index contributed by atoms with van der Waals surface area (Å²) in [5.41, 5.74) is -0.0371. The third kappa shape index (κ3) is 3.48. The molecule has 0 saturated heterocycles. The average molecular weight is 370 g/mol. The predicted molar refractivity (Wildman–Crippen MR) is 93.1 cm³/mol. The topological polar surface area (TPSA) is 121 Å². The molecule has 3 N–H and O–H groups in total. The van der Waals surface area contributed by atoms with Gasteiger partial charge in [0.1, 0.15) is 17.1 Å². The van der Waals surface area contributed by atoms with Crippen molar-refractivity contribution >= 4 is 17.7 Å². The van der Waals surface area contributed by atoms with E-state index in [1.807, 2.05) is 0 Å². The van der Waals surface area contributed by atoms with Gasteiger partial charge in [0.25, 0.3) is 0 Å². The van der Waals surface area contributed by atoms with Gasteiger partial charge in [-0.3, -0.25) is 14.4 Å². The second kappa shape index (κ2) is 6.75. The summed E-state index contributed by atoms with van der Waals surface area (Å²) in [6.45, 7) is 1.01. The maximum Gasteiger partial charge on any atom is 0.328 e. The molecule has 2 aromatic rings. The number of benzene rings is 2. The van der Waals surface area contributed by atoms with Gasteiger partial charge in [0.15, 0.2) is 5.78 Å². The Morgan fingerprint density at radius 3 is 2.26 bits per heavy atom. The summed E-state index contributed by atoms with van der Waals surface area (Å²) in [5.74, 6) is -5.81. The smallest absolute Gasteiger partial charge is 0.328 e. The second-order valence-corrected chi connectivity index (χ2v) is 6.59. The van der Waals surface area contributed by atoms with Crippen LogP contribution in [0.3, 0.4) is 0 Å². The van der Waals surface area contributed by atoms with Crippen LogP contribution in [0.1, 0.15) is 30.4 Å². The molecule has 3 rings (SSSR count). The maximum absolute atomic E-state index is 12.4. The van der Waals surface area contributed by atoms with Crippen LogP contribution in [0.5, 0.6) is 11.5 Å². The third-order valence-electron chi connectivity index (χ3n) is 4.69. The number of carbonyl (C=O) groups excluding carboxylic acids is 2. The molecule has 1 fully saturated rings. The molecule has 0 bridgehead atoms. The molecule has 2 aromatic carbocycles. The van der Waals surface area contributed by atoms with Crippen LogP contribution in [-0.4, -0.2) is 33.0 Å². The molecule has 7 heteroatoms. The van der Waals surface area contributed by atoms with Gasteiger partial charge in [-0.2, -0.15) is 0 Å². The number of carboxylic acids is 1. The van der Waals surface area contributed by atoms with Gasteiger partial charge >= 0.3 is 11.9 Å². The van der Waals surface area contributed by atoms with Crippen molar-refractivity contribution in [1.82, 2.24) is 0 Å². The minimum atomic E-state index is -1.91. The van der Waals surface area contributed by atoms with Gasteiger partial charge < -0.3 is 20.1 Å². The molecule has 0 spiro atoms. The van der Waals surface area contributed by atoms with Gasteiger partial charge in [0.05, 0.1) is 0 Å². The summed E-state index contributed by atoms with van der Waals surface area (Å²) in [7, 11) is 0. The minimum absolute atomic E-state index is 0.0363. The van der Waals surface area contributed by atoms with Crippen LogP contribution in [0.25, 0.3) is 0 Å². The number of Topliss-reactive ketones (excluding diaryl/α,β-unsaturated/α-hetero) is 1. The lowest BCUT2D eigenvalue weighted by molar-refractivity contribution is -0.166. The lowest BCUT2D eigenvalue weighted by atomic mass is 9.99. The molecule has 0 aliphatic heterocycles. The van der Waals surface area contributed by atoms with E-state index in [0.29, 0.717) is 17.5 Å². The fourth-order valence-electron chi connectivity index (χ4n) is 3.31. The number of aliphatic carboxylic acids is 1. The van der Waals surface area contributed by atoms with E-state index < -0.39 is 29.2 Å². The summed E-state index contributed by atoms with van der Waals surface area (Å²) in [6.07, 6.45) is 0.329. The highest BCUT2D eigenvalue weighted by molar-refractivity contribution is 6.13. The molecule has 1 aliphatic carbocycles. The van der Waals surface area contributed by atoms with Crippen LogP contribution in [0.2, 0.25) is 0 Å². The normalized spacial score (nSPS) is 21.9. The Morgan fingerprint density at radius 2 is 1.70 bits per heavy atom. The molecule has 1 aliphatic rings. The van der Waals surface area contributed by atoms with E-state index in [1.54, 1.807) is 24.3 Å². The first-order chi connectivity index (χ1) is 12.7. The number of ether oxygens (including phenoxy) is 1. The summed E-state index contributed by atoms with van der Waals surface area (Å²) < 4.78 is 5.55. The Hall–Kier alpha value is -3.35. The Labute approximate surface area is 154 Å². The summed E-state index contributed by atoms with van der Waals surface area (Å²) in [6, 6.07) is 12.6. The number of phenolic OH excluding ortho intramolecular Hbond substituents is 2. The van der Waals surface area contributed by atoms with E-state index in [4.69, 9.17) is 4.74 Å². The lowest BCUT2D eigenvalue weighted by Crippen LogP contribution is -2.34. The van der Waals surface area contributed by atoms with E-state index in [0.717, 1.165) is 6.92 Å². The Bertz CT molecular complexity index is 906. The molecule has 0 heterocycles. The van der Waals surface area contributed by atoms with Gasteiger partial charge in [0.2, 0.25) is 5.92 Å². The Morgan fingerprint density at radius 1 is 1.07 bits per heavy atom. The molecule has 3 atom stereocenters. The van der Waals surface area contributed by atoms with Crippen molar-refractivity contribution in [1.29, 1.82) is 0 Å². The molecular weight excluding hydrogens is 352 g/mol. The molecule has 3 unspecified atom stereocenters. The van der Waals surface area contributed by atoms with Crippen molar-refractivity contribution in [2.75, 3.05) is 0 Å². The highest BCUT2D eigenvalue weighted by atomic mass is 16.6. The highest BCUT2D eigenvalue weighted by Crippen LogP contribution is 2.62. The number of ketones is 1. The van der Waals surface area contributed by atoms with E-state index in [1.165, 1.54) is 24.3 Å². The van der Waals surface area contributed by atoms with Crippen LogP contribution in [-0.2, 0) is 24.7 Å². The van der Waals surface area contributed by atoms with Crippen molar-refractivity contribution in [3.63, 3.8) is 0 Å². The van der Waals surface area contributed by atoms with E-state index in [-0.39, 0.29) is 17.4 Å². The summed E-state index contributed by atoms with van der Waals surface area (Å²) in [5, 5.41) is 28.7. The van der Waals surface area contributed by atoms with Crippen LogP contribution >= 0.6 is 0 Å². The summed E-state index contributed by atoms with van der Waals surface area (Å²) in [4.78, 5) is 35.3. The first-order valence-electron chi connectivity index (χ1n) is 8.29. The SMILES string of the molecule is CC(=O)C(C(=O)O)C(=O)OC1(c2cccc(O)c2)CC1c1cccc(O)c1. The zero-order valence-corrected chi connectivity index (χ0v) is 14.5. The molecule has 7 nitrogen and oxygen atoms in total. The number of esters is 1. The molecule has 0 radical (unpaired) electrons. The Kier molecular flexibility index (Phi) is 4.61. The van der Waals surface area contributed by atoms with Crippen LogP contribution in [0.15, 0.2) is 48.5 Å². The zero-order chi connectivity index (χ0) is 19.8. The number of hydrogen-bond donors (Lipinski definition) is 3.